The van der Waals surface area contributed by atoms with Crippen molar-refractivity contribution >= 4 is 0 Å². The van der Waals surface area contributed by atoms with E-state index in [9.17, 15) is 0 Å². The van der Waals surface area contributed by atoms with Crippen molar-refractivity contribution < 1.29 is 0 Å². The van der Waals surface area contributed by atoms with Crippen molar-refractivity contribution in [2.75, 3.05) is 26.2 Å². The van der Waals surface area contributed by atoms with Gasteiger partial charge in [0.1, 0.15) is 0 Å². The minimum atomic E-state index is 0.351. The highest BCUT2D eigenvalue weighted by Crippen LogP contribution is 2.41. The zero-order chi connectivity index (χ0) is 9.47. The molecule has 0 aromatic rings. The first-order chi connectivity index (χ1) is 6.13. The topological polar surface area (TPSA) is 29.3 Å². The zero-order valence-corrected chi connectivity index (χ0v) is 8.92. The molecular weight excluding hydrogens is 160 g/mol. The molecule has 2 heteroatoms. The third-order valence-electron chi connectivity index (χ3n) is 4.19. The molecule has 2 N–H and O–H groups in total. The van der Waals surface area contributed by atoms with Crippen LogP contribution in [0.3, 0.4) is 0 Å². The molecule has 3 fully saturated rings. The molecule has 0 aromatic heterocycles. The van der Waals surface area contributed by atoms with E-state index in [-0.39, 0.29) is 0 Å². The number of rotatable bonds is 2. The average molecular weight is 182 g/mol. The molecule has 3 saturated heterocycles. The van der Waals surface area contributed by atoms with Gasteiger partial charge in [-0.15, -0.1) is 0 Å². The van der Waals surface area contributed by atoms with Crippen molar-refractivity contribution in [2.24, 2.45) is 23.0 Å². The van der Waals surface area contributed by atoms with Crippen LogP contribution in [0.4, 0.5) is 0 Å². The molecule has 3 aliphatic rings. The van der Waals surface area contributed by atoms with Gasteiger partial charge in [0.25, 0.3) is 0 Å². The maximum Gasteiger partial charge on any atom is 0.00179 e. The standard InChI is InChI=1S/C11H22N2/c1-11(2,8-12)10-7-13-5-3-9(10)4-6-13/h9-10H,3-8,12H2,1-2H3. The lowest BCUT2D eigenvalue weighted by Crippen LogP contribution is -2.53. The van der Waals surface area contributed by atoms with Crippen LogP contribution >= 0.6 is 0 Å². The van der Waals surface area contributed by atoms with Crippen LogP contribution in [0.2, 0.25) is 0 Å². The van der Waals surface area contributed by atoms with E-state index in [1.807, 2.05) is 0 Å². The first-order valence-corrected chi connectivity index (χ1v) is 5.56. The molecule has 0 saturated carbocycles. The van der Waals surface area contributed by atoms with Crippen molar-refractivity contribution in [1.82, 2.24) is 4.90 Å². The summed E-state index contributed by atoms with van der Waals surface area (Å²) in [6, 6.07) is 0. The van der Waals surface area contributed by atoms with Crippen molar-refractivity contribution in [3.05, 3.63) is 0 Å². The maximum atomic E-state index is 5.85. The van der Waals surface area contributed by atoms with Crippen molar-refractivity contribution in [3.63, 3.8) is 0 Å². The largest absolute Gasteiger partial charge is 0.330 e. The van der Waals surface area contributed by atoms with E-state index >= 15 is 0 Å². The molecule has 3 heterocycles. The van der Waals surface area contributed by atoms with Gasteiger partial charge >= 0.3 is 0 Å². The van der Waals surface area contributed by atoms with E-state index < -0.39 is 0 Å². The highest BCUT2D eigenvalue weighted by atomic mass is 15.1. The minimum Gasteiger partial charge on any atom is -0.330 e. The summed E-state index contributed by atoms with van der Waals surface area (Å²) in [5, 5.41) is 0. The average Bonchev–Trinajstić information content (AvgIpc) is 2.19. The van der Waals surface area contributed by atoms with Crippen LogP contribution in [0, 0.1) is 17.3 Å². The predicted molar refractivity (Wildman–Crippen MR) is 55.5 cm³/mol. The first kappa shape index (κ1) is 9.47. The van der Waals surface area contributed by atoms with Crippen LogP contribution in [0.1, 0.15) is 26.7 Å². The molecule has 3 rings (SSSR count). The lowest BCUT2D eigenvalue weighted by molar-refractivity contribution is -0.00928. The Hall–Kier alpha value is -0.0800. The van der Waals surface area contributed by atoms with E-state index in [1.165, 1.54) is 32.5 Å². The normalized spacial score (nSPS) is 39.5. The Morgan fingerprint density at radius 3 is 2.31 bits per heavy atom. The summed E-state index contributed by atoms with van der Waals surface area (Å²) in [6.45, 7) is 9.47. The van der Waals surface area contributed by atoms with Crippen LogP contribution in [0.15, 0.2) is 0 Å². The fourth-order valence-electron chi connectivity index (χ4n) is 3.00. The van der Waals surface area contributed by atoms with Gasteiger partial charge in [-0.3, -0.25) is 0 Å². The van der Waals surface area contributed by atoms with Gasteiger partial charge in [0.2, 0.25) is 0 Å². The van der Waals surface area contributed by atoms with Crippen LogP contribution in [-0.4, -0.2) is 31.1 Å². The van der Waals surface area contributed by atoms with E-state index in [1.54, 1.807) is 0 Å². The number of nitrogens with zero attached hydrogens (tertiary/aromatic N) is 1. The van der Waals surface area contributed by atoms with Crippen molar-refractivity contribution in [1.29, 1.82) is 0 Å². The van der Waals surface area contributed by atoms with Gasteiger partial charge in [-0.2, -0.15) is 0 Å². The molecule has 0 aliphatic carbocycles. The Kier molecular flexibility index (Phi) is 2.37. The number of piperidine rings is 3. The predicted octanol–water partition coefficient (Wildman–Crippen LogP) is 1.31. The van der Waals surface area contributed by atoms with Crippen LogP contribution in [0.25, 0.3) is 0 Å². The molecular formula is C11H22N2. The van der Waals surface area contributed by atoms with E-state index in [4.69, 9.17) is 5.73 Å². The summed E-state index contributed by atoms with van der Waals surface area (Å²) in [6.07, 6.45) is 2.82. The number of nitrogens with two attached hydrogens (primary N) is 1. The molecule has 3 aliphatic heterocycles. The molecule has 0 aromatic carbocycles. The van der Waals surface area contributed by atoms with Crippen molar-refractivity contribution in [3.8, 4) is 0 Å². The number of hydrogen-bond donors (Lipinski definition) is 1. The molecule has 0 radical (unpaired) electrons. The monoisotopic (exact) mass is 182 g/mol. The summed E-state index contributed by atoms with van der Waals surface area (Å²) in [5.74, 6) is 1.81. The van der Waals surface area contributed by atoms with Gasteiger partial charge in [0.05, 0.1) is 0 Å². The first-order valence-electron chi connectivity index (χ1n) is 5.56. The third kappa shape index (κ3) is 1.62. The van der Waals surface area contributed by atoms with Crippen LogP contribution in [-0.2, 0) is 0 Å². The van der Waals surface area contributed by atoms with Crippen molar-refractivity contribution in [2.45, 2.75) is 26.7 Å². The molecule has 1 unspecified atom stereocenters. The second-order valence-electron chi connectivity index (χ2n) is 5.44. The van der Waals surface area contributed by atoms with Gasteiger partial charge < -0.3 is 10.6 Å². The Morgan fingerprint density at radius 1 is 1.31 bits per heavy atom. The van der Waals surface area contributed by atoms with E-state index in [2.05, 4.69) is 18.7 Å². The Labute approximate surface area is 81.5 Å². The second-order valence-corrected chi connectivity index (χ2v) is 5.44. The Morgan fingerprint density at radius 2 is 1.92 bits per heavy atom. The van der Waals surface area contributed by atoms with Crippen LogP contribution in [0.5, 0.6) is 0 Å². The fourth-order valence-corrected chi connectivity index (χ4v) is 3.00. The SMILES string of the molecule is CC(C)(CN)C1CN2CCC1CC2. The van der Waals surface area contributed by atoms with E-state index in [0.29, 0.717) is 5.41 Å². The number of fused-ring (bicyclic) bond motifs is 3. The van der Waals surface area contributed by atoms with Gasteiger partial charge in [-0.05, 0) is 49.7 Å². The lowest BCUT2D eigenvalue weighted by Gasteiger charge is -2.50. The summed E-state index contributed by atoms with van der Waals surface area (Å²) >= 11 is 0. The summed E-state index contributed by atoms with van der Waals surface area (Å²) in [4.78, 5) is 2.61. The van der Waals surface area contributed by atoms with Gasteiger partial charge in [0, 0.05) is 6.54 Å². The minimum absolute atomic E-state index is 0.351. The molecule has 0 spiro atoms. The Bertz CT molecular complexity index is 181. The zero-order valence-electron chi connectivity index (χ0n) is 8.92. The summed E-state index contributed by atoms with van der Waals surface area (Å²) in [7, 11) is 0. The maximum absolute atomic E-state index is 5.85. The van der Waals surface area contributed by atoms with Crippen LogP contribution < -0.4 is 5.73 Å². The Balaban J connectivity index is 2.08. The van der Waals surface area contributed by atoms with Gasteiger partial charge in [-0.1, -0.05) is 13.8 Å². The lowest BCUT2D eigenvalue weighted by atomic mass is 9.66. The smallest absolute Gasteiger partial charge is 0.00179 e. The summed E-state index contributed by atoms with van der Waals surface area (Å²) in [5.41, 5.74) is 6.20. The fraction of sp³-hybridized carbons (Fsp3) is 1.00. The number of hydrogen-bond acceptors (Lipinski definition) is 2. The molecule has 13 heavy (non-hydrogen) atoms. The highest BCUT2D eigenvalue weighted by molar-refractivity contribution is 4.93. The highest BCUT2D eigenvalue weighted by Gasteiger charge is 2.41. The van der Waals surface area contributed by atoms with E-state index in [0.717, 1.165) is 18.4 Å². The second kappa shape index (κ2) is 3.25. The molecule has 0 amide bonds. The molecule has 1 atom stereocenters. The molecule has 2 nitrogen and oxygen atoms in total. The quantitative estimate of drug-likeness (QED) is 0.698. The molecule has 76 valence electrons. The third-order valence-corrected chi connectivity index (χ3v) is 4.19. The molecule has 2 bridgehead atoms. The van der Waals surface area contributed by atoms with Gasteiger partial charge in [-0.25, -0.2) is 0 Å². The summed E-state index contributed by atoms with van der Waals surface area (Å²) < 4.78 is 0. The van der Waals surface area contributed by atoms with Gasteiger partial charge in [0.15, 0.2) is 0 Å².